The van der Waals surface area contributed by atoms with Crippen molar-refractivity contribution in [3.05, 3.63) is 58.9 Å². The molecular weight excluding hydrogens is 339 g/mol. The van der Waals surface area contributed by atoms with Gasteiger partial charge in [-0.25, -0.2) is 0 Å². The Morgan fingerprint density at radius 1 is 1.15 bits per heavy atom. The van der Waals surface area contributed by atoms with Crippen LogP contribution in [0.1, 0.15) is 54.9 Å². The van der Waals surface area contributed by atoms with Crippen LogP contribution < -0.4 is 5.46 Å². The number of fused-ring (bicyclic) bond motifs is 1. The lowest BCUT2D eigenvalue weighted by atomic mass is 9.78. The zero-order chi connectivity index (χ0) is 19.4. The summed E-state index contributed by atoms with van der Waals surface area (Å²) in [5.41, 5.74) is 4.11. The van der Waals surface area contributed by atoms with Crippen molar-refractivity contribution in [1.29, 1.82) is 0 Å². The van der Waals surface area contributed by atoms with E-state index in [-0.39, 0.29) is 24.2 Å². The van der Waals surface area contributed by atoms with Crippen molar-refractivity contribution in [2.24, 2.45) is 0 Å². The van der Waals surface area contributed by atoms with Gasteiger partial charge in [0, 0.05) is 12.7 Å². The Morgan fingerprint density at radius 2 is 1.85 bits per heavy atom. The fourth-order valence-electron chi connectivity index (χ4n) is 3.54. The molecule has 5 nitrogen and oxygen atoms in total. The lowest BCUT2D eigenvalue weighted by molar-refractivity contribution is 0.00578. The Labute approximate surface area is 160 Å². The van der Waals surface area contributed by atoms with Crippen molar-refractivity contribution in [3.8, 4) is 0 Å². The molecule has 27 heavy (non-hydrogen) atoms. The maximum Gasteiger partial charge on any atom is 0.494 e. The molecule has 1 saturated heterocycles. The highest BCUT2D eigenvalue weighted by molar-refractivity contribution is 6.62. The second kappa shape index (κ2) is 6.18. The number of amides is 1. The van der Waals surface area contributed by atoms with Crippen molar-refractivity contribution in [2.45, 2.75) is 58.9 Å². The van der Waals surface area contributed by atoms with Crippen molar-refractivity contribution < 1.29 is 14.1 Å². The molecule has 1 fully saturated rings. The Kier molecular flexibility index (Phi) is 4.16. The van der Waals surface area contributed by atoms with Crippen molar-refractivity contribution in [2.75, 3.05) is 0 Å². The van der Waals surface area contributed by atoms with E-state index in [1.165, 1.54) is 0 Å². The molecule has 0 atom stereocenters. The third-order valence-electron chi connectivity index (χ3n) is 6.00. The summed E-state index contributed by atoms with van der Waals surface area (Å²) in [4.78, 5) is 18.7. The molecule has 0 aliphatic carbocycles. The highest BCUT2D eigenvalue weighted by atomic mass is 16.7. The van der Waals surface area contributed by atoms with Crippen LogP contribution in [0, 0.1) is 6.92 Å². The molecule has 0 radical (unpaired) electrons. The van der Waals surface area contributed by atoms with Crippen LogP contribution >= 0.6 is 0 Å². The number of benzene rings is 1. The van der Waals surface area contributed by atoms with Crippen LogP contribution in [0.15, 0.2) is 36.5 Å². The molecule has 140 valence electrons. The van der Waals surface area contributed by atoms with Crippen molar-refractivity contribution >= 4 is 18.5 Å². The topological polar surface area (TPSA) is 51.7 Å². The van der Waals surface area contributed by atoms with E-state index in [2.05, 4.69) is 51.7 Å². The predicted molar refractivity (Wildman–Crippen MR) is 105 cm³/mol. The molecule has 0 unspecified atom stereocenters. The molecular formula is C21H25BN2O3. The molecule has 3 heterocycles. The second-order valence-corrected chi connectivity index (χ2v) is 8.43. The van der Waals surface area contributed by atoms with Gasteiger partial charge in [0.15, 0.2) is 0 Å². The lowest BCUT2D eigenvalue weighted by Gasteiger charge is -2.32. The molecule has 0 saturated carbocycles. The minimum absolute atomic E-state index is 0.0486. The molecule has 1 amide bonds. The van der Waals surface area contributed by atoms with Gasteiger partial charge < -0.3 is 14.2 Å². The average molecular weight is 364 g/mol. The largest absolute Gasteiger partial charge is 0.494 e. The summed E-state index contributed by atoms with van der Waals surface area (Å²) in [6.45, 7) is 11.4. The van der Waals surface area contributed by atoms with Crippen LogP contribution in [-0.4, -0.2) is 34.1 Å². The fourth-order valence-corrected chi connectivity index (χ4v) is 3.54. The summed E-state index contributed by atoms with van der Waals surface area (Å²) in [6.07, 6.45) is 1.74. The standard InChI is InChI=1S/C21H25BN2O3/c1-14-11-16(22-26-20(2,3)21(4,5)27-22)9-8-15(14)12-24-13-18-17(19(24)25)7-6-10-23-18/h6-11H,12-13H2,1-5H3. The molecule has 1 aromatic heterocycles. The summed E-state index contributed by atoms with van der Waals surface area (Å²) in [7, 11) is -0.371. The number of hydrogen-bond acceptors (Lipinski definition) is 4. The number of hydrogen-bond donors (Lipinski definition) is 0. The molecule has 6 heteroatoms. The maximum absolute atomic E-state index is 12.6. The minimum Gasteiger partial charge on any atom is -0.399 e. The van der Waals surface area contributed by atoms with Gasteiger partial charge in [0.25, 0.3) is 5.91 Å². The third-order valence-corrected chi connectivity index (χ3v) is 6.00. The van der Waals surface area contributed by atoms with E-state index in [0.717, 1.165) is 22.3 Å². The maximum atomic E-state index is 12.6. The van der Waals surface area contributed by atoms with Gasteiger partial charge in [-0.05, 0) is 63.3 Å². The molecule has 4 rings (SSSR count). The molecule has 2 aliphatic rings. The molecule has 0 spiro atoms. The zero-order valence-corrected chi connectivity index (χ0v) is 16.6. The van der Waals surface area contributed by atoms with E-state index < -0.39 is 0 Å². The second-order valence-electron chi connectivity index (χ2n) is 8.43. The first-order valence-electron chi connectivity index (χ1n) is 9.36. The fraction of sp³-hybridized carbons (Fsp3) is 0.429. The van der Waals surface area contributed by atoms with Crippen LogP contribution in [0.3, 0.4) is 0 Å². The van der Waals surface area contributed by atoms with Gasteiger partial charge in [-0.3, -0.25) is 9.78 Å². The summed E-state index contributed by atoms with van der Waals surface area (Å²) in [5, 5.41) is 0. The quantitative estimate of drug-likeness (QED) is 0.786. The van der Waals surface area contributed by atoms with Crippen molar-refractivity contribution in [3.63, 3.8) is 0 Å². The van der Waals surface area contributed by atoms with Crippen LogP contribution in [-0.2, 0) is 22.4 Å². The number of carbonyl (C=O) groups excluding carboxylic acids is 1. The van der Waals surface area contributed by atoms with E-state index in [1.54, 1.807) is 6.20 Å². The van der Waals surface area contributed by atoms with Gasteiger partial charge in [-0.15, -0.1) is 0 Å². The Morgan fingerprint density at radius 3 is 2.48 bits per heavy atom. The average Bonchev–Trinajstić information content (AvgIpc) is 3.03. The normalized spacial score (nSPS) is 20.3. The summed E-state index contributed by atoms with van der Waals surface area (Å²) < 4.78 is 12.3. The number of aromatic nitrogens is 1. The van der Waals surface area contributed by atoms with Crippen molar-refractivity contribution in [1.82, 2.24) is 9.88 Å². The summed E-state index contributed by atoms with van der Waals surface area (Å²) in [6, 6.07) is 9.86. The Bertz CT molecular complexity index is 894. The molecule has 0 bridgehead atoms. The number of nitrogens with zero attached hydrogens (tertiary/aromatic N) is 2. The van der Waals surface area contributed by atoms with E-state index in [1.807, 2.05) is 23.1 Å². The van der Waals surface area contributed by atoms with Crippen LogP contribution in [0.25, 0.3) is 0 Å². The highest BCUT2D eigenvalue weighted by Crippen LogP contribution is 2.36. The summed E-state index contributed by atoms with van der Waals surface area (Å²) in [5.74, 6) is 0.0486. The van der Waals surface area contributed by atoms with E-state index in [0.29, 0.717) is 18.7 Å². The number of pyridine rings is 1. The smallest absolute Gasteiger partial charge is 0.399 e. The third kappa shape index (κ3) is 3.07. The van der Waals surface area contributed by atoms with Gasteiger partial charge in [0.2, 0.25) is 0 Å². The van der Waals surface area contributed by atoms with E-state index >= 15 is 0 Å². The van der Waals surface area contributed by atoms with Crippen LogP contribution in [0.4, 0.5) is 0 Å². The van der Waals surface area contributed by atoms with Crippen LogP contribution in [0.2, 0.25) is 0 Å². The Hall–Kier alpha value is -2.18. The van der Waals surface area contributed by atoms with Gasteiger partial charge in [0.1, 0.15) is 0 Å². The first-order valence-corrected chi connectivity index (χ1v) is 9.36. The van der Waals surface area contributed by atoms with Gasteiger partial charge >= 0.3 is 7.12 Å². The van der Waals surface area contributed by atoms with E-state index in [9.17, 15) is 4.79 Å². The molecule has 2 aromatic rings. The molecule has 1 aromatic carbocycles. The molecule has 2 aliphatic heterocycles. The molecule has 0 N–H and O–H groups in total. The van der Waals surface area contributed by atoms with Crippen LogP contribution in [0.5, 0.6) is 0 Å². The van der Waals surface area contributed by atoms with Gasteiger partial charge in [0.05, 0.1) is 29.0 Å². The zero-order valence-electron chi connectivity index (χ0n) is 16.6. The Balaban J connectivity index is 1.52. The summed E-state index contributed by atoms with van der Waals surface area (Å²) >= 11 is 0. The SMILES string of the molecule is Cc1cc(B2OC(C)(C)C(C)(C)O2)ccc1CN1Cc2ncccc2C1=O. The van der Waals surface area contributed by atoms with E-state index in [4.69, 9.17) is 9.31 Å². The monoisotopic (exact) mass is 364 g/mol. The van der Waals surface area contributed by atoms with Gasteiger partial charge in [-0.2, -0.15) is 0 Å². The first-order chi connectivity index (χ1) is 12.7. The number of carbonyl (C=O) groups is 1. The van der Waals surface area contributed by atoms with Gasteiger partial charge in [-0.1, -0.05) is 18.2 Å². The minimum atomic E-state index is -0.371. The number of rotatable bonds is 3. The highest BCUT2D eigenvalue weighted by Gasteiger charge is 2.51. The number of aryl methyl sites for hydroxylation is 1. The first kappa shape index (κ1) is 18.2. The lowest BCUT2D eigenvalue weighted by Crippen LogP contribution is -2.41. The predicted octanol–water partition coefficient (Wildman–Crippen LogP) is 2.85.